The van der Waals surface area contributed by atoms with Gasteiger partial charge in [0.2, 0.25) is 0 Å². The number of aromatic amines is 1. The van der Waals surface area contributed by atoms with Gasteiger partial charge in [0, 0.05) is 29.0 Å². The highest BCUT2D eigenvalue weighted by Gasteiger charge is 2.25. The van der Waals surface area contributed by atoms with Crippen LogP contribution in [-0.2, 0) is 24.1 Å². The summed E-state index contributed by atoms with van der Waals surface area (Å²) in [7, 11) is 1.60. The van der Waals surface area contributed by atoms with Crippen molar-refractivity contribution in [2.75, 3.05) is 20.3 Å². The van der Waals surface area contributed by atoms with Gasteiger partial charge in [0.15, 0.2) is 11.1 Å². The predicted molar refractivity (Wildman–Crippen MR) is 101 cm³/mol. The summed E-state index contributed by atoms with van der Waals surface area (Å²) >= 11 is 6.41. The van der Waals surface area contributed by atoms with Gasteiger partial charge in [0.1, 0.15) is 12.4 Å². The maximum absolute atomic E-state index is 13.0. The molecule has 0 atom stereocenters. The van der Waals surface area contributed by atoms with E-state index in [0.717, 1.165) is 36.1 Å². The highest BCUT2D eigenvalue weighted by Crippen LogP contribution is 2.31. The summed E-state index contributed by atoms with van der Waals surface area (Å²) in [6.45, 7) is 1.08. The predicted octanol–water partition coefficient (Wildman–Crippen LogP) is 2.50. The summed E-state index contributed by atoms with van der Waals surface area (Å²) in [4.78, 5) is 27.2. The lowest BCUT2D eigenvalue weighted by Crippen LogP contribution is -2.25. The molecule has 27 heavy (non-hydrogen) atoms. The van der Waals surface area contributed by atoms with Gasteiger partial charge >= 0.3 is 5.76 Å². The quantitative estimate of drug-likeness (QED) is 0.653. The van der Waals surface area contributed by atoms with Crippen molar-refractivity contribution in [3.8, 4) is 5.75 Å². The van der Waals surface area contributed by atoms with Crippen molar-refractivity contribution >= 4 is 22.7 Å². The number of ether oxygens (including phenoxy) is 2. The van der Waals surface area contributed by atoms with E-state index in [9.17, 15) is 9.59 Å². The molecule has 0 saturated heterocycles. The zero-order valence-corrected chi connectivity index (χ0v) is 15.6. The summed E-state index contributed by atoms with van der Waals surface area (Å²) < 4.78 is 17.7. The van der Waals surface area contributed by atoms with E-state index < -0.39 is 5.76 Å². The van der Waals surface area contributed by atoms with Crippen molar-refractivity contribution < 1.29 is 13.9 Å². The normalized spacial score (nSPS) is 13.3. The molecule has 1 aliphatic rings. The number of hydrogen-bond donors (Lipinski definition) is 1. The topological polar surface area (TPSA) is 86.5 Å². The minimum atomic E-state index is -0.615. The standard InChI is InChI=1S/C19H19ClN2O5/c1-25-8-9-26-15-7-3-5-13(20)12(15)10-22-14-6-2-4-11(14)17-16(18(22)23)21-19(24)27-17/h3,5,7H,2,4,6,8-10H2,1H3,(H,21,24). The second-order valence-electron chi connectivity index (χ2n) is 6.45. The number of pyridine rings is 1. The number of rotatable bonds is 6. The minimum absolute atomic E-state index is 0.203. The molecule has 4 rings (SSSR count). The number of fused-ring (bicyclic) bond motifs is 3. The molecular formula is C19H19ClN2O5. The molecule has 3 aromatic rings. The molecule has 2 heterocycles. The Labute approximate surface area is 159 Å². The monoisotopic (exact) mass is 390 g/mol. The summed E-state index contributed by atoms with van der Waals surface area (Å²) in [5, 5.41) is 0.518. The first-order valence-corrected chi connectivity index (χ1v) is 9.14. The fourth-order valence-electron chi connectivity index (χ4n) is 3.61. The highest BCUT2D eigenvalue weighted by atomic mass is 35.5. The van der Waals surface area contributed by atoms with Crippen LogP contribution in [0.3, 0.4) is 0 Å². The molecule has 1 aliphatic carbocycles. The van der Waals surface area contributed by atoms with Gasteiger partial charge in [0.25, 0.3) is 5.56 Å². The van der Waals surface area contributed by atoms with E-state index in [-0.39, 0.29) is 17.6 Å². The van der Waals surface area contributed by atoms with Crippen LogP contribution in [0, 0.1) is 0 Å². The number of nitrogens with one attached hydrogen (secondary N) is 1. The molecule has 0 unspecified atom stereocenters. The van der Waals surface area contributed by atoms with Crippen molar-refractivity contribution in [1.29, 1.82) is 0 Å². The number of nitrogens with zero attached hydrogens (tertiary/aromatic N) is 1. The molecule has 2 aromatic heterocycles. The molecule has 8 heteroatoms. The number of halogens is 1. The van der Waals surface area contributed by atoms with Crippen LogP contribution in [0.2, 0.25) is 5.02 Å². The van der Waals surface area contributed by atoms with Crippen LogP contribution in [-0.4, -0.2) is 29.9 Å². The molecule has 0 aliphatic heterocycles. The van der Waals surface area contributed by atoms with Gasteiger partial charge in [-0.25, -0.2) is 4.79 Å². The van der Waals surface area contributed by atoms with Crippen LogP contribution in [0.5, 0.6) is 5.75 Å². The number of hydrogen-bond acceptors (Lipinski definition) is 5. The third-order valence-electron chi connectivity index (χ3n) is 4.83. The molecule has 142 valence electrons. The van der Waals surface area contributed by atoms with Crippen molar-refractivity contribution in [2.45, 2.75) is 25.8 Å². The Bertz CT molecular complexity index is 1110. The lowest BCUT2D eigenvalue weighted by molar-refractivity contribution is 0.145. The smallest absolute Gasteiger partial charge is 0.417 e. The number of H-pyrrole nitrogens is 1. The summed E-state index contributed by atoms with van der Waals surface area (Å²) in [6, 6.07) is 5.39. The van der Waals surface area contributed by atoms with Gasteiger partial charge < -0.3 is 18.5 Å². The Morgan fingerprint density at radius 3 is 2.93 bits per heavy atom. The molecule has 0 fully saturated rings. The van der Waals surface area contributed by atoms with Gasteiger partial charge in [-0.15, -0.1) is 0 Å². The summed E-state index contributed by atoms with van der Waals surface area (Å²) in [5.74, 6) is -0.00531. The lowest BCUT2D eigenvalue weighted by Gasteiger charge is -2.17. The Morgan fingerprint density at radius 2 is 2.11 bits per heavy atom. The van der Waals surface area contributed by atoms with Crippen molar-refractivity contribution in [2.24, 2.45) is 0 Å². The molecular weight excluding hydrogens is 372 g/mol. The van der Waals surface area contributed by atoms with E-state index in [1.54, 1.807) is 23.8 Å². The molecule has 0 radical (unpaired) electrons. The van der Waals surface area contributed by atoms with Crippen molar-refractivity contribution in [3.05, 3.63) is 60.9 Å². The molecule has 7 nitrogen and oxygen atoms in total. The minimum Gasteiger partial charge on any atom is -0.491 e. The van der Waals surface area contributed by atoms with Crippen LogP contribution in [0.25, 0.3) is 11.1 Å². The van der Waals surface area contributed by atoms with Gasteiger partial charge in [-0.3, -0.25) is 9.78 Å². The average Bonchev–Trinajstić information content (AvgIpc) is 3.27. The molecule has 0 bridgehead atoms. The van der Waals surface area contributed by atoms with E-state index in [1.807, 2.05) is 6.07 Å². The third kappa shape index (κ3) is 3.17. The number of methoxy groups -OCH3 is 1. The molecule has 1 N–H and O–H groups in total. The van der Waals surface area contributed by atoms with Crippen LogP contribution in [0.4, 0.5) is 0 Å². The molecule has 1 aromatic carbocycles. The van der Waals surface area contributed by atoms with Gasteiger partial charge in [-0.2, -0.15) is 0 Å². The highest BCUT2D eigenvalue weighted by molar-refractivity contribution is 6.31. The Kier molecular flexibility index (Phi) is 4.80. The zero-order valence-electron chi connectivity index (χ0n) is 14.8. The van der Waals surface area contributed by atoms with E-state index in [4.69, 9.17) is 25.5 Å². The fraction of sp³-hybridized carbons (Fsp3) is 0.368. The van der Waals surface area contributed by atoms with Crippen LogP contribution in [0.15, 0.2) is 32.2 Å². The van der Waals surface area contributed by atoms with Crippen molar-refractivity contribution in [3.63, 3.8) is 0 Å². The van der Waals surface area contributed by atoms with E-state index in [0.29, 0.717) is 29.6 Å². The molecule has 0 spiro atoms. The van der Waals surface area contributed by atoms with E-state index >= 15 is 0 Å². The van der Waals surface area contributed by atoms with Crippen LogP contribution in [0.1, 0.15) is 23.2 Å². The summed E-state index contributed by atoms with van der Waals surface area (Å²) in [6.07, 6.45) is 2.43. The van der Waals surface area contributed by atoms with Gasteiger partial charge in [0.05, 0.1) is 13.2 Å². The Morgan fingerprint density at radius 1 is 1.26 bits per heavy atom. The maximum atomic E-state index is 13.0. The fourth-order valence-corrected chi connectivity index (χ4v) is 3.83. The maximum Gasteiger partial charge on any atom is 0.417 e. The van der Waals surface area contributed by atoms with E-state index in [2.05, 4.69) is 4.98 Å². The Hall–Kier alpha value is -2.51. The molecule has 0 saturated carbocycles. The number of aromatic nitrogens is 2. The lowest BCUT2D eigenvalue weighted by atomic mass is 10.1. The number of aryl methyl sites for hydroxylation is 1. The zero-order chi connectivity index (χ0) is 19.0. The van der Waals surface area contributed by atoms with Crippen LogP contribution >= 0.6 is 11.6 Å². The second-order valence-corrected chi connectivity index (χ2v) is 6.85. The first-order chi connectivity index (χ1) is 13.1. The number of benzene rings is 1. The first kappa shape index (κ1) is 17.9. The van der Waals surface area contributed by atoms with E-state index in [1.165, 1.54) is 0 Å². The summed E-state index contributed by atoms with van der Waals surface area (Å²) in [5.41, 5.74) is 2.81. The first-order valence-electron chi connectivity index (χ1n) is 8.76. The van der Waals surface area contributed by atoms with Crippen LogP contribution < -0.4 is 16.1 Å². The SMILES string of the molecule is COCCOc1cccc(Cl)c1Cn1c2c(c3oc(=O)[nH]c3c1=O)CCC2. The average molecular weight is 391 g/mol. The van der Waals surface area contributed by atoms with Crippen molar-refractivity contribution in [1.82, 2.24) is 9.55 Å². The Balaban J connectivity index is 1.82. The number of oxazole rings is 1. The second kappa shape index (κ2) is 7.25. The van der Waals surface area contributed by atoms with Gasteiger partial charge in [-0.1, -0.05) is 17.7 Å². The molecule has 0 amide bonds. The third-order valence-corrected chi connectivity index (χ3v) is 5.19. The van der Waals surface area contributed by atoms with Gasteiger partial charge in [-0.05, 0) is 31.4 Å². The largest absolute Gasteiger partial charge is 0.491 e.